The lowest BCUT2D eigenvalue weighted by atomic mass is 10.2. The molecule has 1 aromatic heterocycles. The van der Waals surface area contributed by atoms with Crippen LogP contribution < -0.4 is 5.56 Å². The van der Waals surface area contributed by atoms with Crippen LogP contribution in [0.3, 0.4) is 0 Å². The van der Waals surface area contributed by atoms with Crippen LogP contribution in [-0.4, -0.2) is 33.6 Å². The Balaban J connectivity index is 2.21. The van der Waals surface area contributed by atoms with Gasteiger partial charge in [0.05, 0.1) is 12.7 Å². The van der Waals surface area contributed by atoms with Crippen molar-refractivity contribution in [3.05, 3.63) is 34.7 Å². The van der Waals surface area contributed by atoms with Crippen molar-refractivity contribution < 1.29 is 14.9 Å². The number of nitrogens with zero attached hydrogens (tertiary/aromatic N) is 1. The molecule has 0 aliphatic carbocycles. The van der Waals surface area contributed by atoms with E-state index in [4.69, 9.17) is 9.84 Å². The maximum absolute atomic E-state index is 11.4. The van der Waals surface area contributed by atoms with Crippen LogP contribution in [0.25, 0.3) is 0 Å². The average molecular weight is 211 g/mol. The van der Waals surface area contributed by atoms with Gasteiger partial charge in [-0.2, -0.15) is 0 Å². The predicted molar refractivity (Wildman–Crippen MR) is 52.3 cm³/mol. The number of hydrogen-bond acceptors (Lipinski definition) is 4. The highest BCUT2D eigenvalue weighted by atomic mass is 16.5. The molecule has 82 valence electrons. The van der Waals surface area contributed by atoms with Gasteiger partial charge in [0, 0.05) is 18.7 Å². The summed E-state index contributed by atoms with van der Waals surface area (Å²) < 4.78 is 6.77. The van der Waals surface area contributed by atoms with Gasteiger partial charge < -0.3 is 14.9 Å². The van der Waals surface area contributed by atoms with Gasteiger partial charge in [-0.15, -0.1) is 0 Å². The van der Waals surface area contributed by atoms with Gasteiger partial charge in [-0.3, -0.25) is 9.36 Å². The fourth-order valence-corrected chi connectivity index (χ4v) is 1.73. The summed E-state index contributed by atoms with van der Waals surface area (Å²) in [7, 11) is 0. The Labute approximate surface area is 86.5 Å². The normalized spacial score (nSPS) is 30.7. The first-order valence-corrected chi connectivity index (χ1v) is 4.84. The Morgan fingerprint density at radius 3 is 2.93 bits per heavy atom. The van der Waals surface area contributed by atoms with Gasteiger partial charge in [-0.1, -0.05) is 6.07 Å². The van der Waals surface area contributed by atoms with E-state index in [2.05, 4.69) is 0 Å². The molecule has 2 rings (SSSR count). The van der Waals surface area contributed by atoms with E-state index in [1.807, 2.05) is 0 Å². The number of hydrogen-bond donors (Lipinski definition) is 2. The highest BCUT2D eigenvalue weighted by Gasteiger charge is 2.34. The SMILES string of the molecule is O=c1ccccn1[C@@H]1C[C@H](O)[C@@H](CO)O1. The van der Waals surface area contributed by atoms with E-state index in [0.29, 0.717) is 6.42 Å². The van der Waals surface area contributed by atoms with Crippen molar-refractivity contribution in [2.24, 2.45) is 0 Å². The lowest BCUT2D eigenvalue weighted by molar-refractivity contribution is -0.0454. The molecule has 0 bridgehead atoms. The van der Waals surface area contributed by atoms with E-state index in [9.17, 15) is 9.90 Å². The van der Waals surface area contributed by atoms with Crippen LogP contribution in [0.1, 0.15) is 12.6 Å². The molecule has 5 nitrogen and oxygen atoms in total. The van der Waals surface area contributed by atoms with Gasteiger partial charge in [0.1, 0.15) is 12.3 Å². The summed E-state index contributed by atoms with van der Waals surface area (Å²) in [5.74, 6) is 0. The molecular weight excluding hydrogens is 198 g/mol. The molecule has 3 atom stereocenters. The molecule has 1 aliphatic heterocycles. The van der Waals surface area contributed by atoms with Crippen LogP contribution in [0.5, 0.6) is 0 Å². The third-order valence-electron chi connectivity index (χ3n) is 2.55. The van der Waals surface area contributed by atoms with Crippen LogP contribution in [-0.2, 0) is 4.74 Å². The number of ether oxygens (including phenoxy) is 1. The van der Waals surface area contributed by atoms with Crippen LogP contribution in [0.4, 0.5) is 0 Å². The molecule has 0 unspecified atom stereocenters. The molecular formula is C10H13NO4. The number of aliphatic hydroxyl groups excluding tert-OH is 2. The molecule has 0 saturated carbocycles. The number of pyridine rings is 1. The van der Waals surface area contributed by atoms with E-state index < -0.39 is 18.4 Å². The molecule has 2 N–H and O–H groups in total. The molecule has 1 aromatic rings. The van der Waals surface area contributed by atoms with Gasteiger partial charge in [0.25, 0.3) is 5.56 Å². The lowest BCUT2D eigenvalue weighted by Gasteiger charge is -2.14. The second-order valence-electron chi connectivity index (χ2n) is 3.56. The Morgan fingerprint density at radius 2 is 2.33 bits per heavy atom. The molecule has 2 heterocycles. The van der Waals surface area contributed by atoms with Crippen molar-refractivity contribution >= 4 is 0 Å². The van der Waals surface area contributed by atoms with Crippen LogP contribution in [0.2, 0.25) is 0 Å². The zero-order valence-corrected chi connectivity index (χ0v) is 8.11. The summed E-state index contributed by atoms with van der Waals surface area (Å²) in [6.45, 7) is -0.237. The molecule has 0 aromatic carbocycles. The van der Waals surface area contributed by atoms with Crippen molar-refractivity contribution in [2.75, 3.05) is 6.61 Å². The Hall–Kier alpha value is -1.17. The van der Waals surface area contributed by atoms with Gasteiger partial charge in [-0.05, 0) is 6.07 Å². The molecule has 0 radical (unpaired) electrons. The summed E-state index contributed by atoms with van der Waals surface area (Å²) >= 11 is 0. The van der Waals surface area contributed by atoms with Crippen LogP contribution in [0, 0.1) is 0 Å². The number of aliphatic hydroxyl groups is 2. The Bertz CT molecular complexity index is 389. The molecule has 1 aliphatic rings. The van der Waals surface area contributed by atoms with Crippen molar-refractivity contribution in [3.8, 4) is 0 Å². The average Bonchev–Trinajstić information content (AvgIpc) is 2.60. The molecule has 1 saturated heterocycles. The monoisotopic (exact) mass is 211 g/mol. The quantitative estimate of drug-likeness (QED) is 0.691. The fraction of sp³-hybridized carbons (Fsp3) is 0.500. The minimum absolute atomic E-state index is 0.173. The van der Waals surface area contributed by atoms with Crippen molar-refractivity contribution in [1.29, 1.82) is 0 Å². The highest BCUT2D eigenvalue weighted by molar-refractivity contribution is 4.95. The summed E-state index contributed by atoms with van der Waals surface area (Å²) in [5, 5.41) is 18.4. The van der Waals surface area contributed by atoms with Gasteiger partial charge >= 0.3 is 0 Å². The molecule has 15 heavy (non-hydrogen) atoms. The molecule has 1 fully saturated rings. The first kappa shape index (κ1) is 10.4. The standard InChI is InChI=1S/C10H13NO4/c12-6-8-7(13)5-10(15-8)11-4-2-1-3-9(11)14/h1-4,7-8,10,12-13H,5-6H2/t7-,8+,10-/m0/s1. The minimum atomic E-state index is -0.716. The zero-order valence-electron chi connectivity index (χ0n) is 8.11. The van der Waals surface area contributed by atoms with Gasteiger partial charge in [-0.25, -0.2) is 0 Å². The largest absolute Gasteiger partial charge is 0.394 e. The van der Waals surface area contributed by atoms with E-state index in [1.165, 1.54) is 10.6 Å². The van der Waals surface area contributed by atoms with Crippen molar-refractivity contribution in [3.63, 3.8) is 0 Å². The van der Waals surface area contributed by atoms with Crippen molar-refractivity contribution in [1.82, 2.24) is 4.57 Å². The molecule has 0 spiro atoms. The topological polar surface area (TPSA) is 71.7 Å². The van der Waals surface area contributed by atoms with Crippen molar-refractivity contribution in [2.45, 2.75) is 24.9 Å². The minimum Gasteiger partial charge on any atom is -0.394 e. The lowest BCUT2D eigenvalue weighted by Crippen LogP contribution is -2.25. The predicted octanol–water partition coefficient (Wildman–Crippen LogP) is -0.511. The van der Waals surface area contributed by atoms with E-state index >= 15 is 0 Å². The maximum atomic E-state index is 11.4. The molecule has 0 amide bonds. The second-order valence-corrected chi connectivity index (χ2v) is 3.56. The Kier molecular flexibility index (Phi) is 2.86. The third-order valence-corrected chi connectivity index (χ3v) is 2.55. The van der Waals surface area contributed by atoms with E-state index in [-0.39, 0.29) is 12.2 Å². The number of aromatic nitrogens is 1. The highest BCUT2D eigenvalue weighted by Crippen LogP contribution is 2.26. The smallest absolute Gasteiger partial charge is 0.252 e. The third kappa shape index (κ3) is 1.94. The maximum Gasteiger partial charge on any atom is 0.252 e. The van der Waals surface area contributed by atoms with Gasteiger partial charge in [0.2, 0.25) is 0 Å². The second kappa shape index (κ2) is 4.14. The van der Waals surface area contributed by atoms with E-state index in [0.717, 1.165) is 0 Å². The summed E-state index contributed by atoms with van der Waals surface area (Å²) in [5.41, 5.74) is -0.173. The van der Waals surface area contributed by atoms with E-state index in [1.54, 1.807) is 18.3 Å². The fourth-order valence-electron chi connectivity index (χ4n) is 1.73. The summed E-state index contributed by atoms with van der Waals surface area (Å²) in [4.78, 5) is 11.4. The van der Waals surface area contributed by atoms with Crippen LogP contribution in [0.15, 0.2) is 29.2 Å². The summed E-state index contributed by atoms with van der Waals surface area (Å²) in [6.07, 6.45) is 0.147. The van der Waals surface area contributed by atoms with Gasteiger partial charge in [0.15, 0.2) is 0 Å². The van der Waals surface area contributed by atoms with Crippen LogP contribution >= 0.6 is 0 Å². The summed E-state index contributed by atoms with van der Waals surface area (Å²) in [6, 6.07) is 4.80. The first-order valence-electron chi connectivity index (χ1n) is 4.84. The number of rotatable bonds is 2. The first-order chi connectivity index (χ1) is 7.22. The Morgan fingerprint density at radius 1 is 1.53 bits per heavy atom. The molecule has 5 heteroatoms. The zero-order chi connectivity index (χ0) is 10.8.